The Balaban J connectivity index is 1.78. The van der Waals surface area contributed by atoms with Crippen molar-refractivity contribution in [3.63, 3.8) is 0 Å². The third-order valence-electron chi connectivity index (χ3n) is 4.93. The van der Waals surface area contributed by atoms with E-state index in [1.165, 1.54) is 4.90 Å². The molecule has 102 valence electrons. The van der Waals surface area contributed by atoms with Crippen LogP contribution in [0.2, 0.25) is 0 Å². The van der Waals surface area contributed by atoms with Gasteiger partial charge in [-0.25, -0.2) is 4.90 Å². The molecule has 3 nitrogen and oxygen atoms in total. The number of amides is 2. The third kappa shape index (κ3) is 1.41. The molecule has 1 heterocycles. The molecule has 1 saturated heterocycles. The minimum atomic E-state index is -0.113. The van der Waals surface area contributed by atoms with Gasteiger partial charge in [0.25, 0.3) is 0 Å². The topological polar surface area (TPSA) is 37.4 Å². The van der Waals surface area contributed by atoms with Gasteiger partial charge in [-0.2, -0.15) is 0 Å². The Morgan fingerprint density at radius 3 is 1.90 bits per heavy atom. The Morgan fingerprint density at radius 1 is 0.900 bits per heavy atom. The monoisotopic (exact) mass is 267 g/mol. The van der Waals surface area contributed by atoms with Gasteiger partial charge in [0.15, 0.2) is 0 Å². The maximum atomic E-state index is 12.7. The van der Waals surface area contributed by atoms with Gasteiger partial charge in [-0.15, -0.1) is 0 Å². The highest BCUT2D eigenvalue weighted by molar-refractivity contribution is 6.22. The van der Waals surface area contributed by atoms with E-state index in [1.807, 2.05) is 26.0 Å². The fourth-order valence-corrected chi connectivity index (χ4v) is 4.24. The Hall–Kier alpha value is -1.90. The summed E-state index contributed by atoms with van der Waals surface area (Å²) < 4.78 is 0. The van der Waals surface area contributed by atoms with Gasteiger partial charge in [-0.05, 0) is 55.4 Å². The highest BCUT2D eigenvalue weighted by Crippen LogP contribution is 2.53. The van der Waals surface area contributed by atoms with Gasteiger partial charge < -0.3 is 0 Å². The first-order chi connectivity index (χ1) is 9.56. The van der Waals surface area contributed by atoms with Crippen LogP contribution in [0.3, 0.4) is 0 Å². The van der Waals surface area contributed by atoms with E-state index in [2.05, 4.69) is 18.2 Å². The minimum Gasteiger partial charge on any atom is -0.274 e. The summed E-state index contributed by atoms with van der Waals surface area (Å²) in [6.45, 7) is 3.99. The summed E-state index contributed by atoms with van der Waals surface area (Å²) in [5.41, 5.74) is 2.91. The van der Waals surface area contributed by atoms with E-state index in [9.17, 15) is 9.59 Å². The number of anilines is 1. The molecule has 2 amide bonds. The lowest BCUT2D eigenvalue weighted by Gasteiger charge is -2.18. The van der Waals surface area contributed by atoms with Crippen LogP contribution in [0.15, 0.2) is 30.4 Å². The van der Waals surface area contributed by atoms with Gasteiger partial charge in [-0.3, -0.25) is 9.59 Å². The molecule has 0 unspecified atom stereocenters. The van der Waals surface area contributed by atoms with Crippen LogP contribution in [0, 0.1) is 37.5 Å². The van der Waals surface area contributed by atoms with Crippen LogP contribution < -0.4 is 4.90 Å². The zero-order valence-electron chi connectivity index (χ0n) is 11.7. The number of fused-ring (bicyclic) bond motifs is 5. The molecule has 1 aromatic carbocycles. The smallest absolute Gasteiger partial charge is 0.238 e. The number of benzene rings is 1. The normalized spacial score (nSPS) is 34.2. The first kappa shape index (κ1) is 11.9. The molecule has 2 aliphatic carbocycles. The van der Waals surface area contributed by atoms with Crippen LogP contribution >= 0.6 is 0 Å². The number of carbonyl (C=O) groups is 2. The van der Waals surface area contributed by atoms with Crippen molar-refractivity contribution in [3.8, 4) is 0 Å². The lowest BCUT2D eigenvalue weighted by atomic mass is 9.85. The second kappa shape index (κ2) is 3.81. The van der Waals surface area contributed by atoms with Gasteiger partial charge >= 0.3 is 0 Å². The number of hydrogen-bond donors (Lipinski definition) is 0. The van der Waals surface area contributed by atoms with E-state index < -0.39 is 0 Å². The Labute approximate surface area is 118 Å². The van der Waals surface area contributed by atoms with Crippen molar-refractivity contribution in [1.29, 1.82) is 0 Å². The minimum absolute atomic E-state index is 0.00171. The molecule has 0 spiro atoms. The van der Waals surface area contributed by atoms with E-state index in [4.69, 9.17) is 0 Å². The second-order valence-corrected chi connectivity index (χ2v) is 6.36. The molecule has 0 aromatic heterocycles. The van der Waals surface area contributed by atoms with Crippen molar-refractivity contribution in [1.82, 2.24) is 0 Å². The van der Waals surface area contributed by atoms with Gasteiger partial charge in [0.1, 0.15) is 0 Å². The summed E-state index contributed by atoms with van der Waals surface area (Å²) in [5.74, 6) is 0.329. The van der Waals surface area contributed by atoms with Crippen molar-refractivity contribution in [2.45, 2.75) is 20.3 Å². The van der Waals surface area contributed by atoms with Crippen LogP contribution in [0.5, 0.6) is 0 Å². The predicted octanol–water partition coefficient (Wildman–Crippen LogP) is 2.61. The van der Waals surface area contributed by atoms with Crippen molar-refractivity contribution in [2.75, 3.05) is 4.90 Å². The Morgan fingerprint density at radius 2 is 1.40 bits per heavy atom. The average Bonchev–Trinajstić information content (AvgIpc) is 3.02. The molecular weight excluding hydrogens is 250 g/mol. The number of allylic oxidation sites excluding steroid dienone is 2. The summed E-state index contributed by atoms with van der Waals surface area (Å²) in [7, 11) is 0. The molecule has 3 aliphatic rings. The summed E-state index contributed by atoms with van der Waals surface area (Å²) in [4.78, 5) is 26.8. The van der Waals surface area contributed by atoms with Crippen molar-refractivity contribution < 1.29 is 9.59 Å². The number of rotatable bonds is 1. The van der Waals surface area contributed by atoms with E-state index in [0.29, 0.717) is 0 Å². The zero-order valence-corrected chi connectivity index (χ0v) is 11.7. The predicted molar refractivity (Wildman–Crippen MR) is 76.1 cm³/mol. The summed E-state index contributed by atoms with van der Waals surface area (Å²) in [6.07, 6.45) is 5.23. The number of carbonyl (C=O) groups excluding carboxylic acids is 2. The van der Waals surface area contributed by atoms with Crippen LogP contribution in [0.25, 0.3) is 0 Å². The largest absolute Gasteiger partial charge is 0.274 e. The van der Waals surface area contributed by atoms with Crippen LogP contribution in [-0.2, 0) is 9.59 Å². The SMILES string of the molecule is Cc1cc(C)cc(N2C(=O)[C@@H]3[C@@H](C2=O)[C@@H]2C=C[C@@H]3C2)c1. The fourth-order valence-electron chi connectivity index (χ4n) is 4.24. The fraction of sp³-hybridized carbons (Fsp3) is 0.412. The molecule has 1 saturated carbocycles. The second-order valence-electron chi connectivity index (χ2n) is 6.36. The van der Waals surface area contributed by atoms with Crippen LogP contribution in [0.4, 0.5) is 5.69 Å². The summed E-state index contributed by atoms with van der Waals surface area (Å²) in [5, 5.41) is 0. The van der Waals surface area contributed by atoms with Gasteiger partial charge in [-0.1, -0.05) is 18.2 Å². The van der Waals surface area contributed by atoms with Gasteiger partial charge in [0, 0.05) is 0 Å². The standard InChI is InChI=1S/C17H17NO2/c1-9-5-10(2)7-13(6-9)18-16(19)14-11-3-4-12(8-11)15(14)17(18)20/h3-7,11-12,14-15H,8H2,1-2H3/t11-,12-,14+,15+/m1/s1. The maximum Gasteiger partial charge on any atom is 0.238 e. The molecule has 0 radical (unpaired) electrons. The number of hydrogen-bond acceptors (Lipinski definition) is 2. The lowest BCUT2D eigenvalue weighted by Crippen LogP contribution is -2.32. The maximum absolute atomic E-state index is 12.7. The summed E-state index contributed by atoms with van der Waals surface area (Å²) >= 11 is 0. The number of nitrogens with zero attached hydrogens (tertiary/aromatic N) is 1. The molecule has 0 N–H and O–H groups in total. The third-order valence-corrected chi connectivity index (χ3v) is 4.93. The van der Waals surface area contributed by atoms with E-state index in [0.717, 1.165) is 23.2 Å². The van der Waals surface area contributed by atoms with Crippen LogP contribution in [-0.4, -0.2) is 11.8 Å². The Kier molecular flexibility index (Phi) is 2.27. The van der Waals surface area contributed by atoms with Crippen molar-refractivity contribution >= 4 is 17.5 Å². The highest BCUT2D eigenvalue weighted by atomic mass is 16.2. The van der Waals surface area contributed by atoms with Gasteiger partial charge in [0.05, 0.1) is 17.5 Å². The first-order valence-electron chi connectivity index (χ1n) is 7.20. The molecule has 4 rings (SSSR count). The first-order valence-corrected chi connectivity index (χ1v) is 7.20. The van der Waals surface area contributed by atoms with Crippen LogP contribution in [0.1, 0.15) is 17.5 Å². The molecule has 2 bridgehead atoms. The molecule has 2 fully saturated rings. The summed E-state index contributed by atoms with van der Waals surface area (Å²) in [6, 6.07) is 5.92. The van der Waals surface area contributed by atoms with E-state index in [-0.39, 0.29) is 35.5 Å². The molecular formula is C17H17NO2. The molecule has 3 heteroatoms. The zero-order chi connectivity index (χ0) is 14.0. The lowest BCUT2D eigenvalue weighted by molar-refractivity contribution is -0.123. The Bertz CT molecular complexity index is 611. The molecule has 1 aromatic rings. The van der Waals surface area contributed by atoms with E-state index in [1.54, 1.807) is 0 Å². The van der Waals surface area contributed by atoms with Crippen molar-refractivity contribution in [2.24, 2.45) is 23.7 Å². The quantitative estimate of drug-likeness (QED) is 0.579. The average molecular weight is 267 g/mol. The molecule has 4 atom stereocenters. The number of imide groups is 1. The number of aryl methyl sites for hydroxylation is 2. The van der Waals surface area contributed by atoms with E-state index >= 15 is 0 Å². The highest BCUT2D eigenvalue weighted by Gasteiger charge is 2.59. The molecule has 20 heavy (non-hydrogen) atoms. The van der Waals surface area contributed by atoms with Crippen molar-refractivity contribution in [3.05, 3.63) is 41.5 Å². The molecule has 1 aliphatic heterocycles. The van der Waals surface area contributed by atoms with Gasteiger partial charge in [0.2, 0.25) is 11.8 Å².